The van der Waals surface area contributed by atoms with Gasteiger partial charge in [-0.05, 0) is 102 Å². The second-order valence-electron chi connectivity index (χ2n) is 24.7. The highest BCUT2D eigenvalue weighted by atomic mass is 31.2. The quantitative estimate of drug-likeness (QED) is 0.0205. The molecule has 0 aromatic heterocycles. The van der Waals surface area contributed by atoms with Crippen LogP contribution in [-0.4, -0.2) is 74.3 Å². The molecule has 0 heterocycles. The minimum atomic E-state index is -4.46. The van der Waals surface area contributed by atoms with E-state index in [1.807, 2.05) is 33.3 Å². The van der Waals surface area contributed by atoms with Crippen LogP contribution in [-0.2, 0) is 27.9 Å². The van der Waals surface area contributed by atoms with E-state index in [-0.39, 0.29) is 31.5 Å². The summed E-state index contributed by atoms with van der Waals surface area (Å²) in [7, 11) is 1.49. The lowest BCUT2D eigenvalue weighted by atomic mass is 10.0. The van der Waals surface area contributed by atoms with Crippen molar-refractivity contribution in [3.05, 3.63) is 85.1 Å². The predicted molar refractivity (Wildman–Crippen MR) is 360 cm³/mol. The number of rotatable bonds is 63. The van der Waals surface area contributed by atoms with Gasteiger partial charge < -0.3 is 19.4 Å². The Hall–Kier alpha value is -2.81. The van der Waals surface area contributed by atoms with Gasteiger partial charge in [0.2, 0.25) is 5.91 Å². The molecule has 0 fully saturated rings. The fourth-order valence-corrected chi connectivity index (χ4v) is 10.7. The molecular weight excluding hydrogens is 1050 g/mol. The summed E-state index contributed by atoms with van der Waals surface area (Å²) in [6, 6.07) is -0.857. The number of nitrogens with zero attached hydrogens (tertiary/aromatic N) is 1. The van der Waals surface area contributed by atoms with Crippen molar-refractivity contribution in [1.29, 1.82) is 0 Å². The van der Waals surface area contributed by atoms with E-state index in [9.17, 15) is 19.0 Å². The Bertz CT molecular complexity index is 1700. The highest BCUT2D eigenvalue weighted by Gasteiger charge is 2.30. The molecule has 0 aliphatic carbocycles. The van der Waals surface area contributed by atoms with E-state index in [2.05, 4.69) is 99.0 Å². The molecule has 10 heteroatoms. The van der Waals surface area contributed by atoms with Gasteiger partial charge in [0.05, 0.1) is 33.8 Å². The van der Waals surface area contributed by atoms with Crippen LogP contribution in [0.3, 0.4) is 0 Å². The second kappa shape index (κ2) is 62.2. The van der Waals surface area contributed by atoms with E-state index < -0.39 is 20.0 Å². The zero-order chi connectivity index (χ0) is 60.7. The molecule has 83 heavy (non-hydrogen) atoms. The molecule has 0 aliphatic heterocycles. The lowest BCUT2D eigenvalue weighted by Crippen LogP contribution is -2.47. The lowest BCUT2D eigenvalue weighted by molar-refractivity contribution is -0.870. The normalized spacial score (nSPS) is 14.1. The van der Waals surface area contributed by atoms with Crippen molar-refractivity contribution in [1.82, 2.24) is 5.32 Å². The Balaban J connectivity index is 5.07. The third-order valence-electron chi connectivity index (χ3n) is 15.3. The molecule has 2 N–H and O–H groups in total. The molecule has 0 spiro atoms. The molecule has 0 bridgehead atoms. The number of likely N-dealkylation sites (N-methyl/N-ethyl adjacent to an activating group) is 1. The van der Waals surface area contributed by atoms with Gasteiger partial charge in [0.25, 0.3) is 0 Å². The van der Waals surface area contributed by atoms with Crippen molar-refractivity contribution < 1.29 is 37.3 Å². The number of phosphoric ester groups is 1. The third-order valence-corrected chi connectivity index (χ3v) is 16.3. The van der Waals surface area contributed by atoms with Crippen LogP contribution < -0.4 is 5.32 Å². The van der Waals surface area contributed by atoms with Crippen LogP contribution in [0.5, 0.6) is 0 Å². The molecule has 9 nitrogen and oxygen atoms in total. The summed E-state index contributed by atoms with van der Waals surface area (Å²) >= 11 is 0. The van der Waals surface area contributed by atoms with Crippen LogP contribution in [0.4, 0.5) is 0 Å². The van der Waals surface area contributed by atoms with Gasteiger partial charge >= 0.3 is 13.8 Å². The van der Waals surface area contributed by atoms with Crippen LogP contribution in [0.15, 0.2) is 85.1 Å². The standard InChI is InChI=1S/C73H133N2O7P/c1-7-10-13-16-19-22-25-27-29-31-33-35-37-39-41-43-45-47-50-53-56-59-62-65-72(76)74-70(69-81-83(78,79)80-68-67-75(4,5)6)71(64-61-58-55-52-49-24-21-18-15-12-9-3)82-73(77)66-63-60-57-54-51-48-46-44-42-40-38-36-34-32-30-28-26-23-20-17-14-11-8-2/h11,14,20,23,27-30,34,36,40,42,61,64,70-71H,7-10,12-13,15-19,21-22,24-26,31-33,35,37-39,41,43-60,62-63,65-69H2,1-6H3,(H-,74,76,78,79)/p+1/b14-11-,23-20-,29-27+,30-28-,36-34-,42-40-,64-61+. The van der Waals surface area contributed by atoms with Gasteiger partial charge in [-0.2, -0.15) is 0 Å². The smallest absolute Gasteiger partial charge is 0.456 e. The number of carbonyl (C=O) groups excluding carboxylic acids is 2. The average Bonchev–Trinajstić information content (AvgIpc) is 3.51. The second-order valence-corrected chi connectivity index (χ2v) is 26.1. The molecule has 3 unspecified atom stereocenters. The molecular formula is C73H134N2O7P+. The Morgan fingerprint density at radius 2 is 0.771 bits per heavy atom. The molecule has 0 aliphatic rings. The predicted octanol–water partition coefficient (Wildman–Crippen LogP) is 22.1. The van der Waals surface area contributed by atoms with Gasteiger partial charge in [0.15, 0.2) is 0 Å². The van der Waals surface area contributed by atoms with Crippen LogP contribution in [0.1, 0.15) is 316 Å². The average molecular weight is 1180 g/mol. The van der Waals surface area contributed by atoms with Crippen LogP contribution in [0.2, 0.25) is 0 Å². The first-order chi connectivity index (χ1) is 40.4. The van der Waals surface area contributed by atoms with Crippen molar-refractivity contribution in [3.8, 4) is 0 Å². The molecule has 0 rings (SSSR count). The van der Waals surface area contributed by atoms with E-state index in [1.165, 1.54) is 180 Å². The summed E-state index contributed by atoms with van der Waals surface area (Å²) in [6.07, 6.45) is 83.1. The molecule has 0 aromatic rings. The maximum Gasteiger partial charge on any atom is 0.472 e. The Morgan fingerprint density at radius 1 is 0.434 bits per heavy atom. The number of allylic oxidation sites excluding steroid dienone is 13. The van der Waals surface area contributed by atoms with Crippen molar-refractivity contribution in [2.45, 2.75) is 328 Å². The van der Waals surface area contributed by atoms with E-state index in [0.29, 0.717) is 17.4 Å². The number of amides is 1. The number of hydrogen-bond donors (Lipinski definition) is 2. The first kappa shape index (κ1) is 80.2. The maximum atomic E-state index is 13.6. The van der Waals surface area contributed by atoms with Gasteiger partial charge in [-0.15, -0.1) is 0 Å². The summed E-state index contributed by atoms with van der Waals surface area (Å²) in [4.78, 5) is 37.9. The monoisotopic (exact) mass is 1180 g/mol. The van der Waals surface area contributed by atoms with E-state index in [1.54, 1.807) is 0 Å². The minimum Gasteiger partial charge on any atom is -0.456 e. The number of unbranched alkanes of at least 4 members (excludes halogenated alkanes) is 35. The topological polar surface area (TPSA) is 111 Å². The van der Waals surface area contributed by atoms with Gasteiger partial charge in [-0.1, -0.05) is 286 Å². The van der Waals surface area contributed by atoms with Gasteiger partial charge in [0.1, 0.15) is 19.3 Å². The lowest BCUT2D eigenvalue weighted by Gasteiger charge is -2.27. The van der Waals surface area contributed by atoms with E-state index >= 15 is 0 Å². The third kappa shape index (κ3) is 63.5. The first-order valence-corrected chi connectivity index (χ1v) is 36.4. The number of nitrogens with one attached hydrogen (secondary N) is 1. The Labute approximate surface area is 514 Å². The maximum absolute atomic E-state index is 13.6. The van der Waals surface area contributed by atoms with Crippen molar-refractivity contribution in [3.63, 3.8) is 0 Å². The van der Waals surface area contributed by atoms with Crippen molar-refractivity contribution in [2.24, 2.45) is 0 Å². The molecule has 3 atom stereocenters. The fraction of sp³-hybridized carbons (Fsp3) is 0.781. The highest BCUT2D eigenvalue weighted by molar-refractivity contribution is 7.47. The SMILES string of the molecule is CC/C=C\C/C=C\C/C=C\C/C=C\C/C=C\CCCCCCCCCC(=O)OC(/C=C/CCCCCCCCCCC)C(COP(=O)(O)OCC[N+](C)(C)C)NC(=O)CCCCCCCCCCCCCCC/C=C/CCCCCCCC. The van der Waals surface area contributed by atoms with E-state index in [4.69, 9.17) is 13.8 Å². The van der Waals surface area contributed by atoms with Crippen LogP contribution >= 0.6 is 7.82 Å². The summed E-state index contributed by atoms with van der Waals surface area (Å²) in [6.45, 7) is 6.91. The number of phosphoric acid groups is 1. The van der Waals surface area contributed by atoms with Crippen LogP contribution in [0, 0.1) is 0 Å². The van der Waals surface area contributed by atoms with Crippen molar-refractivity contribution >= 4 is 19.7 Å². The summed E-state index contributed by atoms with van der Waals surface area (Å²) in [5.74, 6) is -0.512. The van der Waals surface area contributed by atoms with Gasteiger partial charge in [0, 0.05) is 12.8 Å². The fourth-order valence-electron chi connectivity index (χ4n) is 9.96. The minimum absolute atomic E-state index is 0.0360. The largest absolute Gasteiger partial charge is 0.472 e. The molecule has 0 saturated heterocycles. The van der Waals surface area contributed by atoms with Crippen LogP contribution in [0.25, 0.3) is 0 Å². The molecule has 0 saturated carbocycles. The van der Waals surface area contributed by atoms with Crippen molar-refractivity contribution in [2.75, 3.05) is 40.9 Å². The first-order valence-electron chi connectivity index (χ1n) is 34.9. The highest BCUT2D eigenvalue weighted by Crippen LogP contribution is 2.43. The summed E-state index contributed by atoms with van der Waals surface area (Å²) in [5, 5.41) is 3.07. The Kier molecular flexibility index (Phi) is 60.1. The number of hydrogen-bond acceptors (Lipinski definition) is 6. The molecule has 0 radical (unpaired) electrons. The number of quaternary nitrogens is 1. The summed E-state index contributed by atoms with van der Waals surface area (Å²) in [5.41, 5.74) is 0. The number of ether oxygens (including phenoxy) is 1. The molecule has 1 amide bonds. The molecule has 0 aromatic carbocycles. The van der Waals surface area contributed by atoms with E-state index in [0.717, 1.165) is 103 Å². The van der Waals surface area contributed by atoms with Gasteiger partial charge in [-0.3, -0.25) is 18.6 Å². The zero-order valence-corrected chi connectivity index (χ0v) is 56.1. The Morgan fingerprint density at radius 3 is 1.17 bits per heavy atom. The number of carbonyl (C=O) groups is 2. The van der Waals surface area contributed by atoms with Gasteiger partial charge in [-0.25, -0.2) is 4.57 Å². The number of esters is 1. The summed E-state index contributed by atoms with van der Waals surface area (Å²) < 4.78 is 30.8. The zero-order valence-electron chi connectivity index (χ0n) is 55.2. The molecule has 482 valence electrons.